The van der Waals surface area contributed by atoms with Crippen LogP contribution in [0, 0.1) is 5.92 Å². The molecule has 2 aliphatic carbocycles. The molecule has 0 aromatic heterocycles. The van der Waals surface area contributed by atoms with Crippen LogP contribution < -0.4 is 5.32 Å². The summed E-state index contributed by atoms with van der Waals surface area (Å²) < 4.78 is 0. The number of carboxylic acid groups (broad SMARTS) is 1. The molecule has 3 atom stereocenters. The second-order valence-corrected chi connectivity index (χ2v) is 6.20. The Bertz CT molecular complexity index is 367. The molecule has 3 aliphatic rings. The highest BCUT2D eigenvalue weighted by Gasteiger charge is 2.43. The van der Waals surface area contributed by atoms with E-state index in [-0.39, 0.29) is 24.5 Å². The van der Waals surface area contributed by atoms with Gasteiger partial charge in [0, 0.05) is 12.1 Å². The second kappa shape index (κ2) is 5.12. The van der Waals surface area contributed by atoms with Crippen LogP contribution >= 0.6 is 0 Å². The van der Waals surface area contributed by atoms with Gasteiger partial charge in [-0.05, 0) is 38.0 Å². The summed E-state index contributed by atoms with van der Waals surface area (Å²) in [5.41, 5.74) is 0. The number of fused-ring (bicyclic) bond motifs is 1. The molecule has 3 fully saturated rings. The van der Waals surface area contributed by atoms with Gasteiger partial charge < -0.3 is 15.3 Å². The van der Waals surface area contributed by atoms with Crippen LogP contribution in [0.15, 0.2) is 0 Å². The van der Waals surface area contributed by atoms with Crippen LogP contribution in [0.25, 0.3) is 0 Å². The molecule has 1 saturated heterocycles. The lowest BCUT2D eigenvalue weighted by atomic mass is 9.85. The minimum atomic E-state index is -0.907. The van der Waals surface area contributed by atoms with Crippen LogP contribution in [0.1, 0.15) is 44.9 Å². The van der Waals surface area contributed by atoms with E-state index in [9.17, 15) is 9.59 Å². The Morgan fingerprint density at radius 3 is 2.53 bits per heavy atom. The first-order chi connectivity index (χ1) is 9.15. The Labute approximate surface area is 113 Å². The number of rotatable bonds is 4. The van der Waals surface area contributed by atoms with Gasteiger partial charge in [0.05, 0.1) is 6.04 Å². The van der Waals surface area contributed by atoms with E-state index in [1.807, 2.05) is 0 Å². The van der Waals surface area contributed by atoms with Gasteiger partial charge in [-0.1, -0.05) is 12.8 Å². The summed E-state index contributed by atoms with van der Waals surface area (Å²) in [7, 11) is 0. The summed E-state index contributed by atoms with van der Waals surface area (Å²) in [6.45, 7) is -0.142. The van der Waals surface area contributed by atoms with Gasteiger partial charge in [0.15, 0.2) is 0 Å². The fraction of sp³-hybridized carbons (Fsp3) is 0.857. The van der Waals surface area contributed by atoms with E-state index < -0.39 is 5.97 Å². The van der Waals surface area contributed by atoms with Crippen molar-refractivity contribution in [2.24, 2.45) is 5.92 Å². The molecule has 0 bridgehead atoms. The number of carboxylic acids is 1. The lowest BCUT2D eigenvalue weighted by Gasteiger charge is -2.25. The average molecular weight is 266 g/mol. The highest BCUT2D eigenvalue weighted by molar-refractivity contribution is 5.86. The number of nitrogens with one attached hydrogen (secondary N) is 1. The first-order valence-corrected chi connectivity index (χ1v) is 7.43. The van der Waals surface area contributed by atoms with Gasteiger partial charge in [-0.25, -0.2) is 0 Å². The van der Waals surface area contributed by atoms with Crippen molar-refractivity contribution in [3.8, 4) is 0 Å². The van der Waals surface area contributed by atoms with Crippen LogP contribution in [0.2, 0.25) is 0 Å². The largest absolute Gasteiger partial charge is 0.480 e. The molecule has 5 heteroatoms. The number of carbonyl (C=O) groups is 2. The lowest BCUT2D eigenvalue weighted by Crippen LogP contribution is -2.48. The number of aliphatic carboxylic acids is 1. The number of amides is 1. The standard InChI is InChI=1S/C14H22N2O3/c17-13(18)8-16(10-5-6-10)14(19)12-7-9-3-1-2-4-11(9)15-12/h9-12,15H,1-8H2,(H,17,18). The molecule has 1 heterocycles. The van der Waals surface area contributed by atoms with Crippen molar-refractivity contribution < 1.29 is 14.7 Å². The van der Waals surface area contributed by atoms with Crippen LogP contribution in [0.5, 0.6) is 0 Å². The van der Waals surface area contributed by atoms with Gasteiger partial charge >= 0.3 is 5.97 Å². The fourth-order valence-corrected chi connectivity index (χ4v) is 3.63. The second-order valence-electron chi connectivity index (χ2n) is 6.20. The van der Waals surface area contributed by atoms with E-state index >= 15 is 0 Å². The summed E-state index contributed by atoms with van der Waals surface area (Å²) >= 11 is 0. The normalized spacial score (nSPS) is 33.8. The molecule has 2 N–H and O–H groups in total. The molecule has 1 aliphatic heterocycles. The van der Waals surface area contributed by atoms with Crippen LogP contribution in [-0.4, -0.2) is 46.6 Å². The lowest BCUT2D eigenvalue weighted by molar-refractivity contribution is -0.145. The minimum Gasteiger partial charge on any atom is -0.480 e. The first-order valence-electron chi connectivity index (χ1n) is 7.43. The van der Waals surface area contributed by atoms with Crippen molar-refractivity contribution in [3.05, 3.63) is 0 Å². The predicted octanol–water partition coefficient (Wildman–Crippen LogP) is 0.983. The van der Waals surface area contributed by atoms with Crippen LogP contribution in [0.4, 0.5) is 0 Å². The molecule has 106 valence electrons. The predicted molar refractivity (Wildman–Crippen MR) is 69.7 cm³/mol. The maximum atomic E-state index is 12.5. The van der Waals surface area contributed by atoms with Gasteiger partial charge in [0.2, 0.25) is 5.91 Å². The van der Waals surface area contributed by atoms with E-state index in [4.69, 9.17) is 5.11 Å². The van der Waals surface area contributed by atoms with Crippen molar-refractivity contribution >= 4 is 11.9 Å². The zero-order chi connectivity index (χ0) is 13.4. The highest BCUT2D eigenvalue weighted by Crippen LogP contribution is 2.35. The summed E-state index contributed by atoms with van der Waals surface area (Å²) in [5.74, 6) is -0.274. The summed E-state index contributed by atoms with van der Waals surface area (Å²) in [6.07, 6.45) is 7.70. The minimum absolute atomic E-state index is 0.0132. The van der Waals surface area contributed by atoms with E-state index in [0.717, 1.165) is 25.7 Å². The van der Waals surface area contributed by atoms with E-state index in [1.54, 1.807) is 4.90 Å². The van der Waals surface area contributed by atoms with Crippen molar-refractivity contribution in [3.63, 3.8) is 0 Å². The summed E-state index contributed by atoms with van der Waals surface area (Å²) in [6, 6.07) is 0.509. The highest BCUT2D eigenvalue weighted by atomic mass is 16.4. The Morgan fingerprint density at radius 1 is 1.16 bits per heavy atom. The SMILES string of the molecule is O=C(O)CN(C(=O)C1CC2CCCCC2N1)C1CC1. The van der Waals surface area contributed by atoms with Crippen molar-refractivity contribution in [1.82, 2.24) is 10.2 Å². The zero-order valence-electron chi connectivity index (χ0n) is 11.2. The maximum absolute atomic E-state index is 12.5. The topological polar surface area (TPSA) is 69.6 Å². The molecule has 3 unspecified atom stereocenters. The quantitative estimate of drug-likeness (QED) is 0.796. The zero-order valence-corrected chi connectivity index (χ0v) is 11.2. The van der Waals surface area contributed by atoms with Crippen molar-refractivity contribution in [2.45, 2.75) is 63.1 Å². The maximum Gasteiger partial charge on any atom is 0.323 e. The average Bonchev–Trinajstić information content (AvgIpc) is 3.13. The summed E-state index contributed by atoms with van der Waals surface area (Å²) in [5, 5.41) is 12.4. The molecule has 2 saturated carbocycles. The number of hydrogen-bond donors (Lipinski definition) is 2. The van der Waals surface area contributed by atoms with Crippen molar-refractivity contribution in [2.75, 3.05) is 6.54 Å². The Morgan fingerprint density at radius 2 is 1.89 bits per heavy atom. The van der Waals surface area contributed by atoms with Crippen LogP contribution in [0.3, 0.4) is 0 Å². The molecule has 5 nitrogen and oxygen atoms in total. The molecule has 0 aromatic rings. The molecular formula is C14H22N2O3. The molecule has 0 spiro atoms. The number of nitrogens with zero attached hydrogens (tertiary/aromatic N) is 1. The fourth-order valence-electron chi connectivity index (χ4n) is 3.63. The van der Waals surface area contributed by atoms with Gasteiger partial charge in [0.25, 0.3) is 0 Å². The van der Waals surface area contributed by atoms with E-state index in [1.165, 1.54) is 19.3 Å². The molecule has 0 radical (unpaired) electrons. The first kappa shape index (κ1) is 12.9. The van der Waals surface area contributed by atoms with Gasteiger partial charge in [-0.15, -0.1) is 0 Å². The van der Waals surface area contributed by atoms with Crippen LogP contribution in [-0.2, 0) is 9.59 Å². The van der Waals surface area contributed by atoms with E-state index in [2.05, 4.69) is 5.32 Å². The van der Waals surface area contributed by atoms with Gasteiger partial charge in [0.1, 0.15) is 6.54 Å². The van der Waals surface area contributed by atoms with Crippen molar-refractivity contribution in [1.29, 1.82) is 0 Å². The van der Waals surface area contributed by atoms with Gasteiger partial charge in [-0.2, -0.15) is 0 Å². The molecule has 3 rings (SSSR count). The smallest absolute Gasteiger partial charge is 0.323 e. The number of hydrogen-bond acceptors (Lipinski definition) is 3. The monoisotopic (exact) mass is 266 g/mol. The Kier molecular flexibility index (Phi) is 3.48. The van der Waals surface area contributed by atoms with E-state index in [0.29, 0.717) is 12.0 Å². The summed E-state index contributed by atoms with van der Waals surface area (Å²) in [4.78, 5) is 25.0. The molecular weight excluding hydrogens is 244 g/mol. The van der Waals surface area contributed by atoms with Gasteiger partial charge in [-0.3, -0.25) is 9.59 Å². The molecule has 1 amide bonds. The Balaban J connectivity index is 1.64. The molecule has 19 heavy (non-hydrogen) atoms. The third-order valence-corrected chi connectivity index (χ3v) is 4.74. The molecule has 0 aromatic carbocycles. The third kappa shape index (κ3) is 2.76. The Hall–Kier alpha value is -1.10. The number of carbonyl (C=O) groups excluding carboxylic acids is 1. The third-order valence-electron chi connectivity index (χ3n) is 4.74.